The molecule has 0 bridgehead atoms. The molecule has 0 N–H and O–H groups in total. The highest BCUT2D eigenvalue weighted by atomic mass is 79.9. The van der Waals surface area contributed by atoms with E-state index >= 15 is 0 Å². The van der Waals surface area contributed by atoms with Crippen LogP contribution in [0.2, 0.25) is 0 Å². The Morgan fingerprint density at radius 1 is 1.23 bits per heavy atom. The van der Waals surface area contributed by atoms with Crippen molar-refractivity contribution in [3.8, 4) is 11.8 Å². The van der Waals surface area contributed by atoms with E-state index in [9.17, 15) is 4.79 Å². The number of nitrogens with zero attached hydrogens (tertiary/aromatic N) is 1. The molecule has 0 unspecified atom stereocenters. The van der Waals surface area contributed by atoms with Gasteiger partial charge >= 0.3 is 5.97 Å². The summed E-state index contributed by atoms with van der Waals surface area (Å²) in [6.07, 6.45) is -0.726. The SMILES string of the molecule is C[C@H](Oc1ccc(C#N)cc1)C(=O)OCc1ccccc1Br. The van der Waals surface area contributed by atoms with Gasteiger partial charge in [-0.15, -0.1) is 0 Å². The maximum atomic E-state index is 11.9. The maximum Gasteiger partial charge on any atom is 0.347 e. The van der Waals surface area contributed by atoms with Gasteiger partial charge in [0.1, 0.15) is 12.4 Å². The van der Waals surface area contributed by atoms with Gasteiger partial charge in [-0.2, -0.15) is 5.26 Å². The molecule has 0 radical (unpaired) electrons. The second kappa shape index (κ2) is 7.62. The van der Waals surface area contributed by atoms with Crippen LogP contribution in [0.25, 0.3) is 0 Å². The number of ether oxygens (including phenoxy) is 2. The van der Waals surface area contributed by atoms with Crippen LogP contribution in [0.15, 0.2) is 53.0 Å². The number of esters is 1. The van der Waals surface area contributed by atoms with Crippen molar-refractivity contribution in [2.45, 2.75) is 19.6 Å². The third kappa shape index (κ3) is 4.34. The molecule has 2 aromatic carbocycles. The van der Waals surface area contributed by atoms with Crippen LogP contribution < -0.4 is 4.74 Å². The minimum atomic E-state index is -0.726. The molecular weight excluding hydrogens is 346 g/mol. The van der Waals surface area contributed by atoms with E-state index in [0.29, 0.717) is 11.3 Å². The van der Waals surface area contributed by atoms with Gasteiger partial charge in [-0.25, -0.2) is 4.79 Å². The zero-order chi connectivity index (χ0) is 15.9. The smallest absolute Gasteiger partial charge is 0.347 e. The molecule has 0 saturated heterocycles. The van der Waals surface area contributed by atoms with E-state index in [1.54, 1.807) is 31.2 Å². The Bertz CT molecular complexity index is 692. The molecule has 0 amide bonds. The fraction of sp³-hybridized carbons (Fsp3) is 0.176. The summed E-state index contributed by atoms with van der Waals surface area (Å²) in [5.41, 5.74) is 1.43. The van der Waals surface area contributed by atoms with Crippen LogP contribution in [-0.4, -0.2) is 12.1 Å². The minimum Gasteiger partial charge on any atom is -0.479 e. The summed E-state index contributed by atoms with van der Waals surface area (Å²) in [6, 6.07) is 16.1. The summed E-state index contributed by atoms with van der Waals surface area (Å²) in [5.74, 6) is 0.0736. The number of rotatable bonds is 5. The lowest BCUT2D eigenvalue weighted by atomic mass is 10.2. The number of hydrogen-bond donors (Lipinski definition) is 0. The molecule has 0 spiro atoms. The Labute approximate surface area is 137 Å². The molecule has 0 aromatic heterocycles. The first-order valence-corrected chi connectivity index (χ1v) is 7.46. The molecule has 0 heterocycles. The topological polar surface area (TPSA) is 59.3 Å². The van der Waals surface area contributed by atoms with Crippen LogP contribution in [-0.2, 0) is 16.1 Å². The van der Waals surface area contributed by atoms with Gasteiger partial charge in [-0.3, -0.25) is 0 Å². The van der Waals surface area contributed by atoms with Crippen LogP contribution in [0.4, 0.5) is 0 Å². The Morgan fingerprint density at radius 3 is 2.55 bits per heavy atom. The van der Waals surface area contributed by atoms with Crippen molar-refractivity contribution >= 4 is 21.9 Å². The third-order valence-electron chi connectivity index (χ3n) is 2.96. The van der Waals surface area contributed by atoms with Gasteiger partial charge in [0.05, 0.1) is 11.6 Å². The second-order valence-corrected chi connectivity index (χ2v) is 5.45. The van der Waals surface area contributed by atoms with Gasteiger partial charge in [0, 0.05) is 10.0 Å². The summed E-state index contributed by atoms with van der Waals surface area (Å²) in [5, 5.41) is 8.73. The van der Waals surface area contributed by atoms with Gasteiger partial charge < -0.3 is 9.47 Å². The first-order chi connectivity index (χ1) is 10.6. The zero-order valence-corrected chi connectivity index (χ0v) is 13.5. The van der Waals surface area contributed by atoms with Gasteiger partial charge in [-0.05, 0) is 37.3 Å². The van der Waals surface area contributed by atoms with Gasteiger partial charge in [0.2, 0.25) is 0 Å². The van der Waals surface area contributed by atoms with Crippen LogP contribution in [0.1, 0.15) is 18.1 Å². The lowest BCUT2D eigenvalue weighted by Crippen LogP contribution is -2.26. The molecule has 0 fully saturated rings. The lowest BCUT2D eigenvalue weighted by molar-refractivity contribution is -0.152. The van der Waals surface area contributed by atoms with Crippen molar-refractivity contribution in [2.75, 3.05) is 0 Å². The summed E-state index contributed by atoms with van der Waals surface area (Å²) >= 11 is 3.40. The Balaban J connectivity index is 1.89. The standard InChI is InChI=1S/C17H14BrNO3/c1-12(22-15-8-6-13(10-19)7-9-15)17(20)21-11-14-4-2-3-5-16(14)18/h2-9,12H,11H2,1H3/t12-/m0/s1. The first kappa shape index (κ1) is 16.1. The highest BCUT2D eigenvalue weighted by Gasteiger charge is 2.16. The highest BCUT2D eigenvalue weighted by molar-refractivity contribution is 9.10. The fourth-order valence-electron chi connectivity index (χ4n) is 1.74. The number of benzene rings is 2. The molecule has 0 aliphatic heterocycles. The largest absolute Gasteiger partial charge is 0.479 e. The van der Waals surface area contributed by atoms with Crippen molar-refractivity contribution < 1.29 is 14.3 Å². The van der Waals surface area contributed by atoms with Gasteiger partial charge in [-0.1, -0.05) is 34.1 Å². The van der Waals surface area contributed by atoms with Crippen molar-refractivity contribution in [1.29, 1.82) is 5.26 Å². The summed E-state index contributed by atoms with van der Waals surface area (Å²) in [7, 11) is 0. The zero-order valence-electron chi connectivity index (χ0n) is 12.0. The summed E-state index contributed by atoms with van der Waals surface area (Å²) in [6.45, 7) is 1.81. The van der Waals surface area contributed by atoms with Gasteiger partial charge in [0.25, 0.3) is 0 Å². The van der Waals surface area contributed by atoms with Crippen molar-refractivity contribution in [3.63, 3.8) is 0 Å². The number of carbonyl (C=O) groups is 1. The molecule has 0 saturated carbocycles. The number of carbonyl (C=O) groups excluding carboxylic acids is 1. The molecule has 5 heteroatoms. The number of halogens is 1. The van der Waals surface area contributed by atoms with Crippen LogP contribution >= 0.6 is 15.9 Å². The molecule has 1 atom stereocenters. The predicted octanol–water partition coefficient (Wildman–Crippen LogP) is 3.83. The molecule has 0 aliphatic rings. The van der Waals surface area contributed by atoms with E-state index in [-0.39, 0.29) is 6.61 Å². The van der Waals surface area contributed by atoms with E-state index in [4.69, 9.17) is 14.7 Å². The second-order valence-electron chi connectivity index (χ2n) is 4.60. The van der Waals surface area contributed by atoms with E-state index in [2.05, 4.69) is 15.9 Å². The summed E-state index contributed by atoms with van der Waals surface area (Å²) < 4.78 is 11.6. The molecular formula is C17H14BrNO3. The molecule has 4 nitrogen and oxygen atoms in total. The molecule has 0 aliphatic carbocycles. The third-order valence-corrected chi connectivity index (χ3v) is 3.73. The van der Waals surface area contributed by atoms with E-state index in [1.165, 1.54) is 0 Å². The Kier molecular flexibility index (Phi) is 5.56. The number of nitriles is 1. The van der Waals surface area contributed by atoms with Crippen molar-refractivity contribution in [3.05, 3.63) is 64.1 Å². The minimum absolute atomic E-state index is 0.182. The van der Waals surface area contributed by atoms with E-state index < -0.39 is 12.1 Å². The molecule has 2 aromatic rings. The number of hydrogen-bond acceptors (Lipinski definition) is 4. The van der Waals surface area contributed by atoms with Crippen LogP contribution in [0.5, 0.6) is 5.75 Å². The fourth-order valence-corrected chi connectivity index (χ4v) is 2.14. The van der Waals surface area contributed by atoms with Crippen LogP contribution in [0, 0.1) is 11.3 Å². The predicted molar refractivity (Wildman–Crippen MR) is 85.2 cm³/mol. The van der Waals surface area contributed by atoms with Crippen molar-refractivity contribution in [2.24, 2.45) is 0 Å². The van der Waals surface area contributed by atoms with E-state index in [0.717, 1.165) is 10.0 Å². The monoisotopic (exact) mass is 359 g/mol. The quantitative estimate of drug-likeness (QED) is 0.761. The Morgan fingerprint density at radius 2 is 1.91 bits per heavy atom. The van der Waals surface area contributed by atoms with Crippen LogP contribution in [0.3, 0.4) is 0 Å². The van der Waals surface area contributed by atoms with Crippen molar-refractivity contribution in [1.82, 2.24) is 0 Å². The van der Waals surface area contributed by atoms with E-state index in [1.807, 2.05) is 30.3 Å². The molecule has 112 valence electrons. The van der Waals surface area contributed by atoms with Gasteiger partial charge in [0.15, 0.2) is 6.10 Å². The highest BCUT2D eigenvalue weighted by Crippen LogP contribution is 2.18. The lowest BCUT2D eigenvalue weighted by Gasteiger charge is -2.14. The summed E-state index contributed by atoms with van der Waals surface area (Å²) in [4.78, 5) is 11.9. The normalized spacial score (nSPS) is 11.3. The molecule has 22 heavy (non-hydrogen) atoms. The average molecular weight is 360 g/mol. The Hall–Kier alpha value is -2.32. The average Bonchev–Trinajstić information content (AvgIpc) is 2.54. The first-order valence-electron chi connectivity index (χ1n) is 6.67. The maximum absolute atomic E-state index is 11.9. The molecule has 2 rings (SSSR count).